The van der Waals surface area contributed by atoms with E-state index in [9.17, 15) is 9.90 Å². The number of benzene rings is 2. The Bertz CT molecular complexity index is 1110. The molecule has 6 heteroatoms. The molecule has 34 heavy (non-hydrogen) atoms. The number of ether oxygens (including phenoxy) is 2. The van der Waals surface area contributed by atoms with Crippen molar-refractivity contribution in [1.29, 1.82) is 0 Å². The van der Waals surface area contributed by atoms with Gasteiger partial charge in [0.2, 0.25) is 0 Å². The minimum absolute atomic E-state index is 0. The topological polar surface area (TPSA) is 59.0 Å². The van der Waals surface area contributed by atoms with Crippen molar-refractivity contribution in [2.45, 2.75) is 74.5 Å². The number of rotatable bonds is 6. The van der Waals surface area contributed by atoms with Crippen LogP contribution in [0.2, 0.25) is 0 Å². The fourth-order valence-corrected chi connectivity index (χ4v) is 7.61. The van der Waals surface area contributed by atoms with Crippen molar-refractivity contribution in [2.75, 3.05) is 20.2 Å². The van der Waals surface area contributed by atoms with Gasteiger partial charge in [-0.25, -0.2) is 0 Å². The number of piperidine rings is 1. The molecule has 2 bridgehead atoms. The third-order valence-electron chi connectivity index (χ3n) is 8.99. The molecule has 4 atom stereocenters. The molecule has 1 spiro atoms. The molecule has 1 N–H and O–H groups in total. The number of phenols is 1. The van der Waals surface area contributed by atoms with E-state index in [2.05, 4.69) is 31.0 Å². The maximum Gasteiger partial charge on any atom is 0.183 e. The first-order chi connectivity index (χ1) is 16.0. The minimum atomic E-state index is -1.06. The Balaban J connectivity index is 0.00000241. The highest BCUT2D eigenvalue weighted by Crippen LogP contribution is 2.70. The van der Waals surface area contributed by atoms with E-state index in [1.165, 1.54) is 5.56 Å². The fraction of sp³-hybridized carbons (Fsp3) is 0.536. The van der Waals surface area contributed by atoms with Crippen molar-refractivity contribution in [3.05, 3.63) is 59.2 Å². The van der Waals surface area contributed by atoms with Crippen LogP contribution in [0.1, 0.15) is 55.7 Å². The number of carbonyl (C=O) groups excluding carboxylic acids is 1. The van der Waals surface area contributed by atoms with Crippen LogP contribution in [0.25, 0.3) is 0 Å². The van der Waals surface area contributed by atoms with Crippen LogP contribution in [0.5, 0.6) is 11.5 Å². The largest absolute Gasteiger partial charge is 0.504 e. The van der Waals surface area contributed by atoms with Gasteiger partial charge in [0.15, 0.2) is 22.9 Å². The van der Waals surface area contributed by atoms with Gasteiger partial charge < -0.3 is 19.5 Å². The number of aromatic hydroxyl groups is 1. The molecule has 5 nitrogen and oxygen atoms in total. The zero-order valence-corrected chi connectivity index (χ0v) is 20.8. The van der Waals surface area contributed by atoms with E-state index >= 15 is 0 Å². The highest BCUT2D eigenvalue weighted by molar-refractivity contribution is 5.94. The summed E-state index contributed by atoms with van der Waals surface area (Å²) in [5.41, 5.74) is 1.15. The Kier molecular flexibility index (Phi) is 5.74. The molecular weight excluding hydrogens is 450 g/mol. The number of carbonyl (C=O) groups is 1. The lowest BCUT2D eigenvalue weighted by Crippen LogP contribution is -2.81. The van der Waals surface area contributed by atoms with Crippen LogP contribution in [0.15, 0.2) is 42.5 Å². The van der Waals surface area contributed by atoms with E-state index in [4.69, 9.17) is 9.47 Å². The Morgan fingerprint density at radius 3 is 2.74 bits per heavy atom. The number of Topliss-reactive ketones (excluding diaryl/α,β-unsaturated/α-hetero) is 1. The van der Waals surface area contributed by atoms with Gasteiger partial charge in [0.25, 0.3) is 0 Å². The number of likely N-dealkylation sites (tertiary alicyclic amines) is 1. The van der Waals surface area contributed by atoms with Crippen LogP contribution in [0.3, 0.4) is 0 Å². The molecule has 1 saturated carbocycles. The van der Waals surface area contributed by atoms with Gasteiger partial charge in [-0.15, -0.1) is 12.4 Å². The van der Waals surface area contributed by atoms with Gasteiger partial charge in [0, 0.05) is 31.1 Å². The lowest BCUT2D eigenvalue weighted by molar-refractivity contribution is -0.231. The van der Waals surface area contributed by atoms with Crippen LogP contribution < -0.4 is 4.74 Å². The van der Waals surface area contributed by atoms with E-state index in [1.54, 1.807) is 6.07 Å². The first-order valence-corrected chi connectivity index (χ1v) is 12.4. The third kappa shape index (κ3) is 2.78. The Hall–Kier alpha value is -2.08. The summed E-state index contributed by atoms with van der Waals surface area (Å²) in [5, 5.41) is 10.9. The highest BCUT2D eigenvalue weighted by Gasteiger charge is 2.79. The van der Waals surface area contributed by atoms with Gasteiger partial charge in [-0.1, -0.05) is 49.7 Å². The Morgan fingerprint density at radius 2 is 1.97 bits per heavy atom. The molecule has 2 aromatic carbocycles. The first-order valence-electron chi connectivity index (χ1n) is 12.4. The molecule has 2 aromatic rings. The second-order valence-electron chi connectivity index (χ2n) is 10.4. The molecule has 4 aliphatic rings. The molecule has 182 valence electrons. The number of nitrogens with zero attached hydrogens (tertiary/aromatic N) is 1. The van der Waals surface area contributed by atoms with Crippen molar-refractivity contribution >= 4 is 18.2 Å². The van der Waals surface area contributed by atoms with Crippen LogP contribution in [0, 0.1) is 0 Å². The predicted molar refractivity (Wildman–Crippen MR) is 133 cm³/mol. The molecule has 0 aromatic heterocycles. The van der Waals surface area contributed by atoms with Crippen molar-refractivity contribution in [1.82, 2.24) is 4.90 Å². The second-order valence-corrected chi connectivity index (χ2v) is 10.4. The van der Waals surface area contributed by atoms with E-state index in [-0.39, 0.29) is 30.0 Å². The average Bonchev–Trinajstić information content (AvgIpc) is 3.12. The number of halogens is 1. The summed E-state index contributed by atoms with van der Waals surface area (Å²) < 4.78 is 13.8. The standard InChI is InChI=1S/C28H33NO4.ClH/c1-3-4-16-32-27-13-12-23(31)28(18-19-8-6-5-7-9-19)26(27)14-15-29(2)22(27)17-20-10-11-21(30)25(33-28)24(20)26;/h5-11,22,30H,3-4,12-18H2,1-2H3;1H/t22-,26-,27-,28+;/m1./s1. The zero-order valence-electron chi connectivity index (χ0n) is 20.0. The SMILES string of the molecule is CCCCO[C@@]12CCC(=O)[C@]3(Cc4ccccc4)Oc4c(O)ccc5c4[C@@]31CCN(C)[C@@H]2C5.Cl. The molecule has 0 amide bonds. The third-order valence-corrected chi connectivity index (χ3v) is 8.99. The number of likely N-dealkylation sites (N-methyl/N-ethyl adjacent to an activating group) is 1. The van der Waals surface area contributed by atoms with Gasteiger partial charge in [-0.2, -0.15) is 0 Å². The minimum Gasteiger partial charge on any atom is -0.504 e. The van der Waals surface area contributed by atoms with Gasteiger partial charge in [0.05, 0.1) is 11.0 Å². The maximum atomic E-state index is 14.0. The molecule has 2 aliphatic heterocycles. The average molecular weight is 484 g/mol. The van der Waals surface area contributed by atoms with Gasteiger partial charge in [-0.3, -0.25) is 4.79 Å². The summed E-state index contributed by atoms with van der Waals surface area (Å²) >= 11 is 0. The zero-order chi connectivity index (χ0) is 22.8. The summed E-state index contributed by atoms with van der Waals surface area (Å²) in [4.78, 5) is 16.5. The van der Waals surface area contributed by atoms with Crippen molar-refractivity contribution in [2.24, 2.45) is 0 Å². The lowest BCUT2D eigenvalue weighted by Gasteiger charge is -2.67. The van der Waals surface area contributed by atoms with Crippen molar-refractivity contribution in [3.63, 3.8) is 0 Å². The summed E-state index contributed by atoms with van der Waals surface area (Å²) in [6, 6.07) is 14.2. The number of hydrogen-bond donors (Lipinski definition) is 1. The molecule has 6 rings (SSSR count). The summed E-state index contributed by atoms with van der Waals surface area (Å²) in [7, 11) is 2.19. The quantitative estimate of drug-likeness (QED) is 0.608. The van der Waals surface area contributed by atoms with Gasteiger partial charge in [0.1, 0.15) is 0 Å². The first kappa shape index (κ1) is 23.7. The molecular formula is C28H34ClNO4. The fourth-order valence-electron chi connectivity index (χ4n) is 7.61. The van der Waals surface area contributed by atoms with Crippen molar-refractivity contribution in [3.8, 4) is 11.5 Å². The van der Waals surface area contributed by atoms with Gasteiger partial charge >= 0.3 is 0 Å². The van der Waals surface area contributed by atoms with E-state index in [1.807, 2.05) is 24.3 Å². The summed E-state index contributed by atoms with van der Waals surface area (Å²) in [6.45, 7) is 3.74. The summed E-state index contributed by atoms with van der Waals surface area (Å²) in [6.07, 6.45) is 5.34. The molecule has 0 unspecified atom stereocenters. The number of unbranched alkanes of at least 4 members (excludes halogenated alkanes) is 1. The van der Waals surface area contributed by atoms with Crippen LogP contribution in [-0.4, -0.2) is 53.2 Å². The smallest absolute Gasteiger partial charge is 0.183 e. The second kappa shape index (κ2) is 8.25. The number of hydrogen-bond acceptors (Lipinski definition) is 5. The van der Waals surface area contributed by atoms with E-state index in [0.717, 1.165) is 43.4 Å². The van der Waals surface area contributed by atoms with Crippen LogP contribution >= 0.6 is 12.4 Å². The van der Waals surface area contributed by atoms with Crippen LogP contribution in [0.4, 0.5) is 0 Å². The molecule has 2 fully saturated rings. The monoisotopic (exact) mass is 483 g/mol. The summed E-state index contributed by atoms with van der Waals surface area (Å²) in [5.74, 6) is 0.801. The van der Waals surface area contributed by atoms with Gasteiger partial charge in [-0.05, 0) is 56.5 Å². The molecule has 2 aliphatic carbocycles. The maximum absolute atomic E-state index is 14.0. The lowest BCUT2D eigenvalue weighted by atomic mass is 9.44. The van der Waals surface area contributed by atoms with Crippen LogP contribution in [-0.2, 0) is 27.8 Å². The molecule has 0 radical (unpaired) electrons. The normalized spacial score (nSPS) is 33.1. The predicted octanol–water partition coefficient (Wildman–Crippen LogP) is 4.60. The molecule has 1 saturated heterocycles. The van der Waals surface area contributed by atoms with E-state index in [0.29, 0.717) is 31.6 Å². The van der Waals surface area contributed by atoms with Crippen molar-refractivity contribution < 1.29 is 19.4 Å². The number of phenolic OH excluding ortho intramolecular Hbond substituents is 1. The van der Waals surface area contributed by atoms with E-state index < -0.39 is 16.6 Å². The Morgan fingerprint density at radius 1 is 1.18 bits per heavy atom. The molecule has 2 heterocycles. The Labute approximate surface area is 207 Å². The number of ketones is 1. The highest BCUT2D eigenvalue weighted by atomic mass is 35.5.